The Kier molecular flexibility index (Phi) is 8.61. The van der Waals surface area contributed by atoms with Crippen LogP contribution in [0.3, 0.4) is 0 Å². The van der Waals surface area contributed by atoms with Gasteiger partial charge in [-0.2, -0.15) is 0 Å². The number of hydrogen-bond donors (Lipinski definition) is 1. The van der Waals surface area contributed by atoms with Gasteiger partial charge in [0.05, 0.1) is 0 Å². The van der Waals surface area contributed by atoms with Gasteiger partial charge < -0.3 is 15.5 Å². The molecule has 2 N–H and O–H groups in total. The van der Waals surface area contributed by atoms with Gasteiger partial charge in [-0.25, -0.2) is 4.98 Å². The van der Waals surface area contributed by atoms with E-state index in [1.807, 2.05) is 11.6 Å². The molecule has 1 aliphatic heterocycles. The van der Waals surface area contributed by atoms with Gasteiger partial charge >= 0.3 is 0 Å². The van der Waals surface area contributed by atoms with Gasteiger partial charge in [0.2, 0.25) is 5.91 Å². The number of rotatable bonds is 3. The van der Waals surface area contributed by atoms with Crippen LogP contribution in [0.1, 0.15) is 25.7 Å². The molecule has 1 saturated carbocycles. The summed E-state index contributed by atoms with van der Waals surface area (Å²) in [6.45, 7) is 4.21. The summed E-state index contributed by atoms with van der Waals surface area (Å²) < 4.78 is 0. The summed E-state index contributed by atoms with van der Waals surface area (Å²) in [5.74, 6) is 0.904. The van der Waals surface area contributed by atoms with Crippen molar-refractivity contribution >= 4 is 47.2 Å². The molecule has 8 heteroatoms. The summed E-state index contributed by atoms with van der Waals surface area (Å²) in [7, 11) is 0. The van der Waals surface area contributed by atoms with Gasteiger partial charge in [-0.15, -0.1) is 36.2 Å². The van der Waals surface area contributed by atoms with Crippen molar-refractivity contribution in [2.24, 2.45) is 17.6 Å². The maximum Gasteiger partial charge on any atom is 0.226 e. The number of anilines is 1. The van der Waals surface area contributed by atoms with Crippen LogP contribution in [0.4, 0.5) is 5.13 Å². The second-order valence-electron chi connectivity index (χ2n) is 6.01. The number of nitrogens with zero attached hydrogens (tertiary/aromatic N) is 3. The Balaban J connectivity index is 0.00000132. The first kappa shape index (κ1) is 20.5. The molecule has 1 aromatic rings. The number of halogens is 2. The SMILES string of the molecule is Cl.Cl.NC[C@H]1CCC[C@H]1C(=O)N1CCCN(c2nccs2)CC1. The minimum absolute atomic E-state index is 0. The zero-order valence-electron chi connectivity index (χ0n) is 13.2. The molecule has 5 nitrogen and oxygen atoms in total. The van der Waals surface area contributed by atoms with Crippen molar-refractivity contribution in [3.8, 4) is 0 Å². The monoisotopic (exact) mass is 380 g/mol. The van der Waals surface area contributed by atoms with E-state index >= 15 is 0 Å². The Hall–Kier alpha value is -0.560. The van der Waals surface area contributed by atoms with Crippen molar-refractivity contribution in [1.29, 1.82) is 0 Å². The lowest BCUT2D eigenvalue weighted by Gasteiger charge is -2.27. The van der Waals surface area contributed by atoms with Crippen LogP contribution in [0.5, 0.6) is 0 Å². The lowest BCUT2D eigenvalue weighted by atomic mass is 9.94. The fourth-order valence-corrected chi connectivity index (χ4v) is 4.28. The highest BCUT2D eigenvalue weighted by atomic mass is 35.5. The fourth-order valence-electron chi connectivity index (χ4n) is 3.58. The molecule has 23 heavy (non-hydrogen) atoms. The number of amides is 1. The second kappa shape index (κ2) is 9.67. The van der Waals surface area contributed by atoms with Crippen LogP contribution in [-0.4, -0.2) is 48.5 Å². The van der Waals surface area contributed by atoms with E-state index in [1.165, 1.54) is 0 Å². The Morgan fingerprint density at radius 3 is 2.74 bits per heavy atom. The normalized spacial score (nSPS) is 24.6. The number of carbonyl (C=O) groups excluding carboxylic acids is 1. The molecule has 2 heterocycles. The molecule has 0 aromatic carbocycles. The molecule has 0 bridgehead atoms. The van der Waals surface area contributed by atoms with Crippen LogP contribution in [0, 0.1) is 11.8 Å². The predicted octanol–water partition coefficient (Wildman–Crippen LogP) is 2.40. The molecule has 1 aliphatic carbocycles. The quantitative estimate of drug-likeness (QED) is 0.874. The van der Waals surface area contributed by atoms with Crippen LogP contribution in [0.25, 0.3) is 0 Å². The van der Waals surface area contributed by atoms with Crippen LogP contribution in [0.15, 0.2) is 11.6 Å². The van der Waals surface area contributed by atoms with Crippen LogP contribution >= 0.6 is 36.2 Å². The number of thiazole rings is 1. The first-order valence-corrected chi connectivity index (χ1v) is 8.81. The summed E-state index contributed by atoms with van der Waals surface area (Å²) in [4.78, 5) is 21.5. The topological polar surface area (TPSA) is 62.5 Å². The third kappa shape index (κ3) is 4.72. The molecule has 0 unspecified atom stereocenters. The van der Waals surface area contributed by atoms with E-state index in [9.17, 15) is 4.79 Å². The highest BCUT2D eigenvalue weighted by molar-refractivity contribution is 7.13. The van der Waals surface area contributed by atoms with Crippen molar-refractivity contribution < 1.29 is 4.79 Å². The standard InChI is InChI=1S/C15H24N4OS.2ClH/c16-11-12-3-1-4-13(12)14(20)18-6-2-7-19(9-8-18)15-17-5-10-21-15;;/h5,10,12-13H,1-4,6-9,11,16H2;2*1H/t12-,13-;;/m1../s1. The van der Waals surface area contributed by atoms with Crippen molar-refractivity contribution in [1.82, 2.24) is 9.88 Å². The third-order valence-corrected chi connectivity index (χ3v) is 5.61. The fraction of sp³-hybridized carbons (Fsp3) is 0.733. The summed E-state index contributed by atoms with van der Waals surface area (Å²) in [5, 5.41) is 3.08. The van der Waals surface area contributed by atoms with Crippen LogP contribution in [-0.2, 0) is 4.79 Å². The largest absolute Gasteiger partial charge is 0.346 e. The smallest absolute Gasteiger partial charge is 0.226 e. The molecule has 132 valence electrons. The van der Waals surface area contributed by atoms with E-state index in [0.717, 1.165) is 57.0 Å². The Labute approximate surface area is 154 Å². The van der Waals surface area contributed by atoms with E-state index in [0.29, 0.717) is 18.4 Å². The van der Waals surface area contributed by atoms with E-state index in [4.69, 9.17) is 5.73 Å². The van der Waals surface area contributed by atoms with Crippen molar-refractivity contribution in [2.45, 2.75) is 25.7 Å². The average molecular weight is 381 g/mol. The van der Waals surface area contributed by atoms with Crippen molar-refractivity contribution in [2.75, 3.05) is 37.6 Å². The van der Waals surface area contributed by atoms with E-state index < -0.39 is 0 Å². The number of aromatic nitrogens is 1. The molecule has 1 saturated heterocycles. The maximum atomic E-state index is 12.8. The Morgan fingerprint density at radius 2 is 2.04 bits per heavy atom. The highest BCUT2D eigenvalue weighted by Crippen LogP contribution is 2.32. The van der Waals surface area contributed by atoms with Gasteiger partial charge in [0.25, 0.3) is 0 Å². The second-order valence-corrected chi connectivity index (χ2v) is 6.89. The van der Waals surface area contributed by atoms with Gasteiger partial charge in [-0.3, -0.25) is 4.79 Å². The van der Waals surface area contributed by atoms with Gasteiger partial charge in [-0.05, 0) is 31.7 Å². The first-order valence-electron chi connectivity index (χ1n) is 7.93. The molecule has 2 fully saturated rings. The van der Waals surface area contributed by atoms with Gasteiger partial charge in [0.15, 0.2) is 5.13 Å². The lowest BCUT2D eigenvalue weighted by Crippen LogP contribution is -2.41. The highest BCUT2D eigenvalue weighted by Gasteiger charge is 2.35. The van der Waals surface area contributed by atoms with Crippen LogP contribution in [0.2, 0.25) is 0 Å². The van der Waals surface area contributed by atoms with Crippen molar-refractivity contribution in [3.63, 3.8) is 0 Å². The summed E-state index contributed by atoms with van der Waals surface area (Å²) in [6, 6.07) is 0. The minimum atomic E-state index is 0. The Bertz CT molecular complexity index is 474. The molecular formula is C15H26Cl2N4OS. The summed E-state index contributed by atoms with van der Waals surface area (Å²) in [6.07, 6.45) is 6.15. The van der Waals surface area contributed by atoms with Crippen molar-refractivity contribution in [3.05, 3.63) is 11.6 Å². The predicted molar refractivity (Wildman–Crippen MR) is 99.9 cm³/mol. The molecule has 2 aliphatic rings. The zero-order valence-corrected chi connectivity index (χ0v) is 15.7. The minimum Gasteiger partial charge on any atom is -0.346 e. The average Bonchev–Trinajstić information content (AvgIpc) is 3.14. The number of carbonyl (C=O) groups is 1. The van der Waals surface area contributed by atoms with E-state index in [2.05, 4.69) is 14.8 Å². The number of nitrogens with two attached hydrogens (primary N) is 1. The van der Waals surface area contributed by atoms with Gasteiger partial charge in [-0.1, -0.05) is 6.42 Å². The van der Waals surface area contributed by atoms with Gasteiger partial charge in [0.1, 0.15) is 0 Å². The summed E-state index contributed by atoms with van der Waals surface area (Å²) in [5.41, 5.74) is 5.82. The lowest BCUT2D eigenvalue weighted by molar-refractivity contribution is -0.136. The molecule has 2 atom stereocenters. The van der Waals surface area contributed by atoms with E-state index in [1.54, 1.807) is 11.3 Å². The molecule has 1 aromatic heterocycles. The Morgan fingerprint density at radius 1 is 1.22 bits per heavy atom. The molecule has 0 spiro atoms. The molecule has 0 radical (unpaired) electrons. The molecule has 1 amide bonds. The zero-order chi connectivity index (χ0) is 14.7. The molecule has 3 rings (SSSR count). The third-order valence-electron chi connectivity index (χ3n) is 4.78. The van der Waals surface area contributed by atoms with E-state index in [-0.39, 0.29) is 30.7 Å². The van der Waals surface area contributed by atoms with Gasteiger partial charge in [0, 0.05) is 43.7 Å². The van der Waals surface area contributed by atoms with Crippen LogP contribution < -0.4 is 10.6 Å². The number of hydrogen-bond acceptors (Lipinski definition) is 5. The first-order chi connectivity index (χ1) is 10.3. The maximum absolute atomic E-state index is 12.8. The summed E-state index contributed by atoms with van der Waals surface area (Å²) >= 11 is 1.67. The molecular weight excluding hydrogens is 355 g/mol.